The number of aromatic nitrogens is 3. The van der Waals surface area contributed by atoms with E-state index in [4.69, 9.17) is 0 Å². The molecule has 0 saturated heterocycles. The summed E-state index contributed by atoms with van der Waals surface area (Å²) in [5.41, 5.74) is 0.693. The van der Waals surface area contributed by atoms with Gasteiger partial charge in [0, 0.05) is 23.7 Å². The topological polar surface area (TPSA) is 96.9 Å². The third kappa shape index (κ3) is 3.22. The van der Waals surface area contributed by atoms with Gasteiger partial charge in [-0.05, 0) is 36.4 Å². The minimum atomic E-state index is -0.335. The molecule has 0 aliphatic heterocycles. The van der Waals surface area contributed by atoms with Crippen molar-refractivity contribution in [2.24, 2.45) is 0 Å². The molecule has 2 N–H and O–H groups in total. The molecule has 0 aliphatic carbocycles. The summed E-state index contributed by atoms with van der Waals surface area (Å²) in [6.45, 7) is 0.373. The van der Waals surface area contributed by atoms with Crippen LogP contribution in [-0.2, 0) is 6.54 Å². The first kappa shape index (κ1) is 16.7. The van der Waals surface area contributed by atoms with E-state index in [2.05, 4.69) is 15.4 Å². The summed E-state index contributed by atoms with van der Waals surface area (Å²) >= 11 is 0. The van der Waals surface area contributed by atoms with Gasteiger partial charge in [0.25, 0.3) is 17.0 Å². The molecular formula is C20H16N4O3. The van der Waals surface area contributed by atoms with Crippen LogP contribution in [-0.4, -0.2) is 27.2 Å². The van der Waals surface area contributed by atoms with Crippen molar-refractivity contribution in [1.82, 2.24) is 20.1 Å². The molecule has 0 saturated carbocycles. The summed E-state index contributed by atoms with van der Waals surface area (Å²) in [5, 5.41) is 6.90. The Morgan fingerprint density at radius 2 is 1.85 bits per heavy atom. The lowest BCUT2D eigenvalue weighted by atomic mass is 10.1. The van der Waals surface area contributed by atoms with Crippen molar-refractivity contribution < 1.29 is 4.79 Å². The molecule has 1 amide bonds. The third-order valence-corrected chi connectivity index (χ3v) is 4.37. The molecule has 0 fully saturated rings. The van der Waals surface area contributed by atoms with E-state index in [0.29, 0.717) is 16.3 Å². The Hall–Kier alpha value is -3.74. The second-order valence-corrected chi connectivity index (χ2v) is 6.11. The maximum Gasteiger partial charge on any atom is 0.273 e. The highest BCUT2D eigenvalue weighted by atomic mass is 16.2. The normalized spacial score (nSPS) is 11.0. The zero-order valence-electron chi connectivity index (χ0n) is 14.3. The first-order valence-corrected chi connectivity index (χ1v) is 8.48. The average Bonchev–Trinajstić information content (AvgIpc) is 2.71. The molecule has 7 nitrogen and oxygen atoms in total. The van der Waals surface area contributed by atoms with Crippen LogP contribution in [0, 0.1) is 0 Å². The van der Waals surface area contributed by atoms with Gasteiger partial charge in [0.2, 0.25) is 0 Å². The molecule has 27 heavy (non-hydrogen) atoms. The predicted molar refractivity (Wildman–Crippen MR) is 103 cm³/mol. The number of hydrogen-bond donors (Lipinski definition) is 2. The summed E-state index contributed by atoms with van der Waals surface area (Å²) in [5.74, 6) is -0.253. The summed E-state index contributed by atoms with van der Waals surface area (Å²) in [6, 6.07) is 15.6. The van der Waals surface area contributed by atoms with E-state index in [-0.39, 0.29) is 30.1 Å². The zero-order chi connectivity index (χ0) is 18.8. The van der Waals surface area contributed by atoms with Crippen LogP contribution in [0.25, 0.3) is 21.7 Å². The van der Waals surface area contributed by atoms with Crippen LogP contribution in [0.4, 0.5) is 0 Å². The minimum absolute atomic E-state index is 0.166. The van der Waals surface area contributed by atoms with Gasteiger partial charge in [0.1, 0.15) is 0 Å². The molecule has 134 valence electrons. The van der Waals surface area contributed by atoms with Crippen molar-refractivity contribution in [2.45, 2.75) is 6.54 Å². The van der Waals surface area contributed by atoms with Crippen molar-refractivity contribution in [2.75, 3.05) is 6.54 Å². The SMILES string of the molecule is O=C(NCCn1[nH]c(=O)c2ccccc2c1=O)c1ccc2ncccc2c1. The first-order chi connectivity index (χ1) is 13.1. The zero-order valence-corrected chi connectivity index (χ0v) is 14.3. The van der Waals surface area contributed by atoms with Crippen LogP contribution in [0.3, 0.4) is 0 Å². The number of carbonyl (C=O) groups excluding carboxylic acids is 1. The van der Waals surface area contributed by atoms with E-state index >= 15 is 0 Å². The van der Waals surface area contributed by atoms with Gasteiger partial charge in [-0.15, -0.1) is 0 Å². The van der Waals surface area contributed by atoms with Crippen molar-refractivity contribution in [1.29, 1.82) is 0 Å². The summed E-state index contributed by atoms with van der Waals surface area (Å²) in [6.07, 6.45) is 1.70. The number of H-pyrrole nitrogens is 1. The Kier molecular flexibility index (Phi) is 4.25. The fraction of sp³-hybridized carbons (Fsp3) is 0.100. The van der Waals surface area contributed by atoms with Crippen molar-refractivity contribution in [3.8, 4) is 0 Å². The van der Waals surface area contributed by atoms with E-state index in [0.717, 1.165) is 10.9 Å². The molecule has 0 bridgehead atoms. The molecule has 0 aliphatic rings. The number of hydrogen-bond acceptors (Lipinski definition) is 4. The van der Waals surface area contributed by atoms with Gasteiger partial charge in [0.05, 0.1) is 22.8 Å². The smallest absolute Gasteiger partial charge is 0.273 e. The largest absolute Gasteiger partial charge is 0.350 e. The van der Waals surface area contributed by atoms with Gasteiger partial charge in [0.15, 0.2) is 0 Å². The summed E-state index contributed by atoms with van der Waals surface area (Å²) in [4.78, 5) is 41.1. The van der Waals surface area contributed by atoms with Crippen molar-refractivity contribution in [3.63, 3.8) is 0 Å². The molecule has 4 aromatic rings. The molecule has 0 radical (unpaired) electrons. The van der Waals surface area contributed by atoms with Crippen LogP contribution in [0.1, 0.15) is 10.4 Å². The quantitative estimate of drug-likeness (QED) is 0.578. The van der Waals surface area contributed by atoms with Gasteiger partial charge in [-0.1, -0.05) is 18.2 Å². The fourth-order valence-electron chi connectivity index (χ4n) is 3.00. The first-order valence-electron chi connectivity index (χ1n) is 8.48. The average molecular weight is 360 g/mol. The third-order valence-electron chi connectivity index (χ3n) is 4.37. The van der Waals surface area contributed by atoms with Crippen molar-refractivity contribution in [3.05, 3.63) is 87.1 Å². The maximum atomic E-state index is 12.4. The van der Waals surface area contributed by atoms with Crippen LogP contribution >= 0.6 is 0 Å². The number of rotatable bonds is 4. The fourth-order valence-corrected chi connectivity index (χ4v) is 3.00. The van der Waals surface area contributed by atoms with Gasteiger partial charge in [-0.3, -0.25) is 24.5 Å². The Bertz CT molecular complexity index is 1270. The lowest BCUT2D eigenvalue weighted by Crippen LogP contribution is -2.35. The van der Waals surface area contributed by atoms with Gasteiger partial charge >= 0.3 is 0 Å². The molecule has 0 atom stereocenters. The Morgan fingerprint density at radius 1 is 1.04 bits per heavy atom. The number of benzene rings is 2. The molecule has 2 aromatic heterocycles. The van der Waals surface area contributed by atoms with Crippen molar-refractivity contribution >= 4 is 27.6 Å². The second kappa shape index (κ2) is 6.87. The molecule has 2 aromatic carbocycles. The van der Waals surface area contributed by atoms with Gasteiger partial charge < -0.3 is 5.32 Å². The molecule has 7 heteroatoms. The van der Waals surface area contributed by atoms with Crippen LogP contribution < -0.4 is 16.4 Å². The number of nitrogens with one attached hydrogen (secondary N) is 2. The molecule has 2 heterocycles. The number of aromatic amines is 1. The van der Waals surface area contributed by atoms with E-state index in [1.165, 1.54) is 4.68 Å². The Labute approximate surface area is 153 Å². The number of fused-ring (bicyclic) bond motifs is 2. The second-order valence-electron chi connectivity index (χ2n) is 6.11. The Morgan fingerprint density at radius 3 is 2.70 bits per heavy atom. The van der Waals surface area contributed by atoms with E-state index in [9.17, 15) is 14.4 Å². The van der Waals surface area contributed by atoms with Gasteiger partial charge in [-0.2, -0.15) is 0 Å². The highest BCUT2D eigenvalue weighted by Crippen LogP contribution is 2.13. The number of nitrogens with zero attached hydrogens (tertiary/aromatic N) is 2. The van der Waals surface area contributed by atoms with E-state index in [1.54, 1.807) is 48.7 Å². The van der Waals surface area contributed by atoms with Gasteiger partial charge in [-0.25, -0.2) is 4.68 Å². The number of carbonyl (C=O) groups is 1. The highest BCUT2D eigenvalue weighted by Gasteiger charge is 2.09. The molecule has 0 unspecified atom stereocenters. The lowest BCUT2D eigenvalue weighted by Gasteiger charge is -2.09. The minimum Gasteiger partial charge on any atom is -0.350 e. The van der Waals surface area contributed by atoms with E-state index < -0.39 is 0 Å². The molecular weight excluding hydrogens is 344 g/mol. The maximum absolute atomic E-state index is 12.4. The lowest BCUT2D eigenvalue weighted by molar-refractivity contribution is 0.0952. The summed E-state index contributed by atoms with van der Waals surface area (Å²) in [7, 11) is 0. The number of amides is 1. The molecule has 0 spiro atoms. The van der Waals surface area contributed by atoms with E-state index in [1.807, 2.05) is 12.1 Å². The van der Waals surface area contributed by atoms with Crippen LogP contribution in [0.15, 0.2) is 70.4 Å². The van der Waals surface area contributed by atoms with Crippen LogP contribution in [0.2, 0.25) is 0 Å². The number of pyridine rings is 1. The Balaban J connectivity index is 1.50. The molecule has 4 rings (SSSR count). The highest BCUT2D eigenvalue weighted by molar-refractivity contribution is 5.97. The summed E-state index contributed by atoms with van der Waals surface area (Å²) < 4.78 is 1.22. The predicted octanol–water partition coefficient (Wildman–Crippen LogP) is 1.67. The standard InChI is InChI=1S/C20H16N4O3/c25-18(14-7-8-17-13(12-14)4-3-9-21-17)22-10-11-24-20(27)16-6-2-1-5-15(16)19(26)23-24/h1-9,12H,10-11H2,(H,22,25)(H,23,26). The van der Waals surface area contributed by atoms with Crippen LogP contribution in [0.5, 0.6) is 0 Å². The monoisotopic (exact) mass is 360 g/mol.